The molecular formula is C16H21NO3. The van der Waals surface area contributed by atoms with Crippen LogP contribution < -0.4 is 5.32 Å². The van der Waals surface area contributed by atoms with Gasteiger partial charge < -0.3 is 10.4 Å². The van der Waals surface area contributed by atoms with Gasteiger partial charge in [0.15, 0.2) is 0 Å². The highest BCUT2D eigenvalue weighted by atomic mass is 16.4. The van der Waals surface area contributed by atoms with Gasteiger partial charge in [0.2, 0.25) is 5.91 Å². The van der Waals surface area contributed by atoms with E-state index in [2.05, 4.69) is 12.2 Å². The van der Waals surface area contributed by atoms with Crippen LogP contribution in [0.4, 0.5) is 5.69 Å². The van der Waals surface area contributed by atoms with Gasteiger partial charge in [0.25, 0.3) is 0 Å². The zero-order chi connectivity index (χ0) is 14.5. The Balaban J connectivity index is 2.00. The summed E-state index contributed by atoms with van der Waals surface area (Å²) in [5.74, 6) is -0.311. The summed E-state index contributed by atoms with van der Waals surface area (Å²) in [4.78, 5) is 23.3. The summed E-state index contributed by atoms with van der Waals surface area (Å²) in [6.45, 7) is 2.19. The monoisotopic (exact) mass is 275 g/mol. The first-order valence-electron chi connectivity index (χ1n) is 7.25. The third-order valence-electron chi connectivity index (χ3n) is 4.21. The second kappa shape index (κ2) is 6.55. The molecule has 0 aromatic heterocycles. The van der Waals surface area contributed by atoms with Crippen LogP contribution in [0.3, 0.4) is 0 Å². The van der Waals surface area contributed by atoms with E-state index in [0.29, 0.717) is 5.69 Å². The van der Waals surface area contributed by atoms with E-state index in [-0.39, 0.29) is 17.4 Å². The van der Waals surface area contributed by atoms with Crippen LogP contribution in [-0.2, 0) is 4.79 Å². The Labute approximate surface area is 119 Å². The number of para-hydroxylation sites is 1. The molecule has 2 rings (SSSR count). The second-order valence-corrected chi connectivity index (χ2v) is 5.47. The molecular weight excluding hydrogens is 254 g/mol. The highest BCUT2D eigenvalue weighted by Crippen LogP contribution is 2.31. The fourth-order valence-electron chi connectivity index (χ4n) is 2.85. The van der Waals surface area contributed by atoms with Gasteiger partial charge in [-0.1, -0.05) is 25.5 Å². The number of carboxylic acids is 1. The maximum atomic E-state index is 12.2. The first-order chi connectivity index (χ1) is 9.61. The Kier molecular flexibility index (Phi) is 4.77. The molecule has 0 atom stereocenters. The molecule has 1 aliphatic carbocycles. The van der Waals surface area contributed by atoms with E-state index in [1.807, 2.05) is 0 Å². The maximum absolute atomic E-state index is 12.2. The summed E-state index contributed by atoms with van der Waals surface area (Å²) in [6.07, 6.45) is 5.17. The van der Waals surface area contributed by atoms with Crippen LogP contribution >= 0.6 is 0 Å². The normalized spacial score (nSPS) is 22.2. The van der Waals surface area contributed by atoms with Gasteiger partial charge in [0.05, 0.1) is 11.3 Å². The summed E-state index contributed by atoms with van der Waals surface area (Å²) in [7, 11) is 0. The lowest BCUT2D eigenvalue weighted by molar-refractivity contribution is -0.121. The van der Waals surface area contributed by atoms with Gasteiger partial charge in [0, 0.05) is 5.92 Å². The van der Waals surface area contributed by atoms with E-state index < -0.39 is 5.97 Å². The lowest BCUT2D eigenvalue weighted by atomic mass is 9.80. The molecule has 0 saturated heterocycles. The van der Waals surface area contributed by atoms with Gasteiger partial charge in [-0.05, 0) is 43.7 Å². The molecule has 2 N–H and O–H groups in total. The highest BCUT2D eigenvalue weighted by molar-refractivity contribution is 6.01. The number of carboxylic acid groups (broad SMARTS) is 1. The smallest absolute Gasteiger partial charge is 0.337 e. The Hall–Kier alpha value is -1.84. The number of carbonyl (C=O) groups excluding carboxylic acids is 1. The molecule has 4 heteroatoms. The molecule has 0 heterocycles. The van der Waals surface area contributed by atoms with Gasteiger partial charge in [-0.15, -0.1) is 0 Å². The molecule has 1 fully saturated rings. The Bertz CT molecular complexity index is 490. The summed E-state index contributed by atoms with van der Waals surface area (Å²) < 4.78 is 0. The van der Waals surface area contributed by atoms with Crippen LogP contribution in [0.25, 0.3) is 0 Å². The maximum Gasteiger partial charge on any atom is 0.337 e. The number of nitrogens with one attached hydrogen (secondary N) is 1. The molecule has 1 amide bonds. The molecule has 1 saturated carbocycles. The molecule has 1 aromatic carbocycles. The summed E-state index contributed by atoms with van der Waals surface area (Å²) in [5.41, 5.74) is 0.533. The lowest BCUT2D eigenvalue weighted by Crippen LogP contribution is -2.27. The van der Waals surface area contributed by atoms with Crippen LogP contribution in [0, 0.1) is 11.8 Å². The predicted octanol–water partition coefficient (Wildman–Crippen LogP) is 3.54. The third kappa shape index (κ3) is 3.38. The standard InChI is InChI=1S/C16H21NO3/c1-2-11-7-9-12(10-8-11)15(18)17-14-6-4-3-5-13(14)16(19)20/h3-6,11-12H,2,7-10H2,1H3,(H,17,18)(H,19,20). The zero-order valence-electron chi connectivity index (χ0n) is 11.8. The molecule has 0 radical (unpaired) electrons. The topological polar surface area (TPSA) is 66.4 Å². The van der Waals surface area contributed by atoms with Gasteiger partial charge in [-0.25, -0.2) is 4.79 Å². The van der Waals surface area contributed by atoms with Crippen LogP contribution in [0.15, 0.2) is 24.3 Å². The number of anilines is 1. The van der Waals surface area contributed by atoms with Crippen molar-refractivity contribution in [3.05, 3.63) is 29.8 Å². The molecule has 1 aromatic rings. The Morgan fingerprint density at radius 1 is 1.20 bits per heavy atom. The van der Waals surface area contributed by atoms with Gasteiger partial charge in [-0.3, -0.25) is 4.79 Å². The van der Waals surface area contributed by atoms with E-state index in [1.165, 1.54) is 12.5 Å². The number of aromatic carboxylic acids is 1. The van der Waals surface area contributed by atoms with Crippen molar-refractivity contribution in [3.8, 4) is 0 Å². The van der Waals surface area contributed by atoms with Crippen LogP contribution in [-0.4, -0.2) is 17.0 Å². The molecule has 0 aliphatic heterocycles. The quantitative estimate of drug-likeness (QED) is 0.883. The van der Waals surface area contributed by atoms with Crippen molar-refractivity contribution in [2.24, 2.45) is 11.8 Å². The van der Waals surface area contributed by atoms with E-state index in [1.54, 1.807) is 18.2 Å². The molecule has 20 heavy (non-hydrogen) atoms. The number of rotatable bonds is 4. The molecule has 0 spiro atoms. The fourth-order valence-corrected chi connectivity index (χ4v) is 2.85. The van der Waals surface area contributed by atoms with Crippen LogP contribution in [0.2, 0.25) is 0 Å². The third-order valence-corrected chi connectivity index (χ3v) is 4.21. The van der Waals surface area contributed by atoms with Crippen molar-refractivity contribution < 1.29 is 14.7 Å². The van der Waals surface area contributed by atoms with E-state index >= 15 is 0 Å². The minimum absolute atomic E-state index is 0.0136. The molecule has 108 valence electrons. The average molecular weight is 275 g/mol. The Morgan fingerprint density at radius 2 is 1.85 bits per heavy atom. The minimum atomic E-state index is -1.02. The molecule has 0 unspecified atom stereocenters. The number of amides is 1. The van der Waals surface area contributed by atoms with E-state index in [0.717, 1.165) is 31.6 Å². The second-order valence-electron chi connectivity index (χ2n) is 5.47. The van der Waals surface area contributed by atoms with Crippen molar-refractivity contribution >= 4 is 17.6 Å². The van der Waals surface area contributed by atoms with Gasteiger partial charge in [-0.2, -0.15) is 0 Å². The SMILES string of the molecule is CCC1CCC(C(=O)Nc2ccccc2C(=O)O)CC1. The highest BCUT2D eigenvalue weighted by Gasteiger charge is 2.26. The number of hydrogen-bond acceptors (Lipinski definition) is 2. The molecule has 4 nitrogen and oxygen atoms in total. The van der Waals surface area contributed by atoms with Crippen molar-refractivity contribution in [3.63, 3.8) is 0 Å². The number of hydrogen-bond donors (Lipinski definition) is 2. The number of carbonyl (C=O) groups is 2. The number of benzene rings is 1. The Morgan fingerprint density at radius 3 is 2.45 bits per heavy atom. The van der Waals surface area contributed by atoms with Crippen molar-refractivity contribution in [1.29, 1.82) is 0 Å². The van der Waals surface area contributed by atoms with Crippen molar-refractivity contribution in [1.82, 2.24) is 0 Å². The van der Waals surface area contributed by atoms with Crippen molar-refractivity contribution in [2.75, 3.05) is 5.32 Å². The fraction of sp³-hybridized carbons (Fsp3) is 0.500. The molecule has 1 aliphatic rings. The summed E-state index contributed by atoms with van der Waals surface area (Å²) >= 11 is 0. The van der Waals surface area contributed by atoms with Gasteiger partial charge in [0.1, 0.15) is 0 Å². The van der Waals surface area contributed by atoms with Gasteiger partial charge >= 0.3 is 5.97 Å². The lowest BCUT2D eigenvalue weighted by Gasteiger charge is -2.27. The van der Waals surface area contributed by atoms with Crippen molar-refractivity contribution in [2.45, 2.75) is 39.0 Å². The summed E-state index contributed by atoms with van der Waals surface area (Å²) in [6, 6.07) is 6.53. The van der Waals surface area contributed by atoms with Crippen LogP contribution in [0.1, 0.15) is 49.4 Å². The van der Waals surface area contributed by atoms with E-state index in [9.17, 15) is 9.59 Å². The first kappa shape index (κ1) is 14.6. The predicted molar refractivity (Wildman–Crippen MR) is 77.8 cm³/mol. The summed E-state index contributed by atoms with van der Waals surface area (Å²) in [5, 5.41) is 11.9. The van der Waals surface area contributed by atoms with E-state index in [4.69, 9.17) is 5.11 Å². The van der Waals surface area contributed by atoms with Crippen LogP contribution in [0.5, 0.6) is 0 Å². The average Bonchev–Trinajstić information content (AvgIpc) is 2.47. The first-order valence-corrected chi connectivity index (χ1v) is 7.25. The minimum Gasteiger partial charge on any atom is -0.478 e. The largest absolute Gasteiger partial charge is 0.478 e. The molecule has 0 bridgehead atoms. The zero-order valence-corrected chi connectivity index (χ0v) is 11.8.